The molecule has 2 aliphatic heterocycles. The predicted molar refractivity (Wildman–Crippen MR) is 138 cm³/mol. The van der Waals surface area contributed by atoms with Gasteiger partial charge in [-0.15, -0.1) is 11.3 Å². The Bertz CT molecular complexity index is 1170. The van der Waals surface area contributed by atoms with Crippen molar-refractivity contribution >= 4 is 29.2 Å². The lowest BCUT2D eigenvalue weighted by atomic mass is 9.70. The third kappa shape index (κ3) is 4.62. The monoisotopic (exact) mass is 491 g/mol. The molecule has 2 amide bonds. The quantitative estimate of drug-likeness (QED) is 0.366. The topological polar surface area (TPSA) is 66.8 Å². The minimum Gasteiger partial charge on any atom is -0.507 e. The van der Waals surface area contributed by atoms with E-state index in [-0.39, 0.29) is 35.7 Å². The number of phenols is 1. The van der Waals surface area contributed by atoms with E-state index in [1.807, 2.05) is 35.7 Å². The van der Waals surface area contributed by atoms with Crippen LogP contribution in [0.4, 0.5) is 0 Å². The van der Waals surface area contributed by atoms with E-state index in [0.717, 1.165) is 36.1 Å². The van der Waals surface area contributed by atoms with Crippen molar-refractivity contribution in [1.82, 2.24) is 4.90 Å². The first kappa shape index (κ1) is 24.0. The van der Waals surface area contributed by atoms with Crippen molar-refractivity contribution in [3.05, 3.63) is 68.9 Å². The number of nitrogens with zero attached hydrogens (tertiary/aromatic N) is 1. The summed E-state index contributed by atoms with van der Waals surface area (Å²) in [5, 5.41) is 12.2. The maximum absolute atomic E-state index is 13.4. The zero-order chi connectivity index (χ0) is 24.5. The number of allylic oxidation sites excluding steroid dienone is 2. The molecular formula is C29H33NO4S. The Hall–Kier alpha value is -2.70. The molecule has 184 valence electrons. The Morgan fingerprint density at radius 3 is 2.71 bits per heavy atom. The van der Waals surface area contributed by atoms with Gasteiger partial charge in [0.25, 0.3) is 0 Å². The summed E-state index contributed by atoms with van der Waals surface area (Å²) in [6.07, 6.45) is 6.47. The smallest absolute Gasteiger partial charge is 0.234 e. The average Bonchev–Trinajstić information content (AvgIpc) is 3.56. The number of thiophene rings is 1. The van der Waals surface area contributed by atoms with E-state index >= 15 is 0 Å². The SMILES string of the molecule is CCC/C(=C\c1ccccc1O)CC[C@H]1OC[C@H]2C1=C(C)C[C@H]1C(=O)N(Cc3cccs3)C(=O)[C@H]12. The van der Waals surface area contributed by atoms with Crippen LogP contribution in [0.1, 0.15) is 56.4 Å². The fourth-order valence-electron chi connectivity index (χ4n) is 6.15. The minimum atomic E-state index is -0.293. The highest BCUT2D eigenvalue weighted by Crippen LogP contribution is 2.50. The van der Waals surface area contributed by atoms with Gasteiger partial charge in [-0.25, -0.2) is 0 Å². The van der Waals surface area contributed by atoms with Gasteiger partial charge in [0.2, 0.25) is 11.8 Å². The van der Waals surface area contributed by atoms with Crippen LogP contribution in [0.5, 0.6) is 5.75 Å². The Morgan fingerprint density at radius 1 is 1.14 bits per heavy atom. The third-order valence-electron chi connectivity index (χ3n) is 7.73. The van der Waals surface area contributed by atoms with Gasteiger partial charge in [0.05, 0.1) is 31.1 Å². The number of carbonyl (C=O) groups excluding carboxylic acids is 2. The number of carbonyl (C=O) groups is 2. The highest BCUT2D eigenvalue weighted by Gasteiger charge is 2.56. The normalized spacial score (nSPS) is 26.5. The molecule has 6 heteroatoms. The molecule has 2 aromatic rings. The van der Waals surface area contributed by atoms with Crippen LogP contribution >= 0.6 is 11.3 Å². The molecule has 2 saturated heterocycles. The van der Waals surface area contributed by atoms with E-state index in [9.17, 15) is 14.7 Å². The molecule has 0 radical (unpaired) electrons. The molecule has 0 saturated carbocycles. The van der Waals surface area contributed by atoms with Crippen LogP contribution in [0.2, 0.25) is 0 Å². The average molecular weight is 492 g/mol. The van der Waals surface area contributed by atoms with Crippen molar-refractivity contribution in [1.29, 1.82) is 0 Å². The molecule has 1 aromatic heterocycles. The van der Waals surface area contributed by atoms with Crippen LogP contribution in [-0.2, 0) is 20.9 Å². The van der Waals surface area contributed by atoms with Gasteiger partial charge in [0.15, 0.2) is 0 Å². The first-order valence-electron chi connectivity index (χ1n) is 12.6. The first-order valence-corrected chi connectivity index (χ1v) is 13.5. The number of amides is 2. The van der Waals surface area contributed by atoms with Crippen molar-refractivity contribution in [3.8, 4) is 5.75 Å². The predicted octanol–water partition coefficient (Wildman–Crippen LogP) is 5.95. The lowest BCUT2D eigenvalue weighted by Gasteiger charge is -2.30. The fraction of sp³-hybridized carbons (Fsp3) is 0.448. The Morgan fingerprint density at radius 2 is 1.97 bits per heavy atom. The molecule has 3 aliphatic rings. The largest absolute Gasteiger partial charge is 0.507 e. The van der Waals surface area contributed by atoms with Gasteiger partial charge in [0, 0.05) is 16.4 Å². The van der Waals surface area contributed by atoms with Crippen molar-refractivity contribution in [2.24, 2.45) is 17.8 Å². The number of ether oxygens (including phenoxy) is 1. The summed E-state index contributed by atoms with van der Waals surface area (Å²) in [5.41, 5.74) is 4.61. The highest BCUT2D eigenvalue weighted by molar-refractivity contribution is 7.09. The van der Waals surface area contributed by atoms with Gasteiger partial charge in [-0.3, -0.25) is 14.5 Å². The summed E-state index contributed by atoms with van der Waals surface area (Å²) in [7, 11) is 0. The fourth-order valence-corrected chi connectivity index (χ4v) is 6.84. The maximum Gasteiger partial charge on any atom is 0.234 e. The second-order valence-electron chi connectivity index (χ2n) is 9.99. The summed E-state index contributed by atoms with van der Waals surface area (Å²) in [5.74, 6) is -0.301. The molecule has 2 fully saturated rings. The Labute approximate surface area is 211 Å². The van der Waals surface area contributed by atoms with Crippen molar-refractivity contribution in [2.75, 3.05) is 6.61 Å². The maximum atomic E-state index is 13.4. The molecule has 35 heavy (non-hydrogen) atoms. The van der Waals surface area contributed by atoms with Crippen LogP contribution in [0.15, 0.2) is 58.5 Å². The summed E-state index contributed by atoms with van der Waals surface area (Å²) in [6.45, 7) is 5.17. The second kappa shape index (κ2) is 10.1. The number of benzene rings is 1. The third-order valence-corrected chi connectivity index (χ3v) is 8.59. The molecule has 1 aromatic carbocycles. The molecular weight excluding hydrogens is 458 g/mol. The van der Waals surface area contributed by atoms with E-state index in [0.29, 0.717) is 25.3 Å². The lowest BCUT2D eigenvalue weighted by Crippen LogP contribution is -2.34. The number of hydrogen-bond acceptors (Lipinski definition) is 5. The summed E-state index contributed by atoms with van der Waals surface area (Å²) in [4.78, 5) is 29.1. The molecule has 5 nitrogen and oxygen atoms in total. The van der Waals surface area contributed by atoms with Gasteiger partial charge in [-0.1, -0.05) is 54.8 Å². The molecule has 0 bridgehead atoms. The number of likely N-dealkylation sites (tertiary alicyclic amines) is 1. The van der Waals surface area contributed by atoms with Gasteiger partial charge in [-0.2, -0.15) is 0 Å². The van der Waals surface area contributed by atoms with E-state index in [4.69, 9.17) is 4.74 Å². The molecule has 0 unspecified atom stereocenters. The number of rotatable bonds is 8. The zero-order valence-electron chi connectivity index (χ0n) is 20.4. The molecule has 0 spiro atoms. The molecule has 1 aliphatic carbocycles. The number of phenolic OH excluding ortho intramolecular Hbond substituents is 1. The molecule has 4 atom stereocenters. The number of fused-ring (bicyclic) bond motifs is 3. The first-order chi connectivity index (χ1) is 17.0. The molecule has 5 rings (SSSR count). The Balaban J connectivity index is 1.31. The zero-order valence-corrected chi connectivity index (χ0v) is 21.2. The van der Waals surface area contributed by atoms with E-state index in [1.54, 1.807) is 17.4 Å². The highest BCUT2D eigenvalue weighted by atomic mass is 32.1. The number of imide groups is 1. The Kier molecular flexibility index (Phi) is 6.94. The minimum absolute atomic E-state index is 0.000285. The van der Waals surface area contributed by atoms with E-state index in [1.165, 1.54) is 21.6 Å². The standard InChI is InChI=1S/C29H33NO4S/c1-3-7-19(15-20-8-4-5-10-24(20)31)11-12-25-26-18(2)14-22-27(23(26)17-34-25)29(33)30(28(22)32)16-21-9-6-13-35-21/h4-6,8-10,13,15,22-23,25,27,31H,3,7,11-12,14,16-17H2,1-2H3/b19-15+/t22-,23+,25-,27-/m1/s1. The summed E-state index contributed by atoms with van der Waals surface area (Å²) in [6, 6.07) is 11.4. The van der Waals surface area contributed by atoms with Crippen LogP contribution in [-0.4, -0.2) is 34.5 Å². The molecule has 3 heterocycles. The van der Waals surface area contributed by atoms with E-state index < -0.39 is 0 Å². The summed E-state index contributed by atoms with van der Waals surface area (Å²) < 4.78 is 6.29. The van der Waals surface area contributed by atoms with Crippen LogP contribution in [0.25, 0.3) is 6.08 Å². The van der Waals surface area contributed by atoms with Gasteiger partial charge in [0.1, 0.15) is 5.75 Å². The number of hydrogen-bond donors (Lipinski definition) is 1. The summed E-state index contributed by atoms with van der Waals surface area (Å²) >= 11 is 1.58. The van der Waals surface area contributed by atoms with Gasteiger partial charge in [-0.05, 0) is 55.7 Å². The second-order valence-corrected chi connectivity index (χ2v) is 11.0. The van der Waals surface area contributed by atoms with Crippen molar-refractivity contribution < 1.29 is 19.4 Å². The molecule has 1 N–H and O–H groups in total. The number of para-hydroxylation sites is 1. The van der Waals surface area contributed by atoms with Gasteiger partial charge >= 0.3 is 0 Å². The van der Waals surface area contributed by atoms with Crippen molar-refractivity contribution in [2.45, 2.75) is 58.6 Å². The van der Waals surface area contributed by atoms with E-state index in [2.05, 4.69) is 19.9 Å². The lowest BCUT2D eigenvalue weighted by molar-refractivity contribution is -0.140. The number of aromatic hydroxyl groups is 1. The van der Waals surface area contributed by atoms with Crippen LogP contribution in [0, 0.1) is 17.8 Å². The van der Waals surface area contributed by atoms with Gasteiger partial charge < -0.3 is 9.84 Å². The van der Waals surface area contributed by atoms with Crippen LogP contribution < -0.4 is 0 Å². The van der Waals surface area contributed by atoms with Crippen molar-refractivity contribution in [3.63, 3.8) is 0 Å². The van der Waals surface area contributed by atoms with Crippen LogP contribution in [0.3, 0.4) is 0 Å².